The third-order valence-electron chi connectivity index (χ3n) is 3.45. The van der Waals surface area contributed by atoms with Crippen LogP contribution in [0.5, 0.6) is 0 Å². The minimum absolute atomic E-state index is 0.0809. The molecule has 25 heavy (non-hydrogen) atoms. The molecule has 0 aliphatic rings. The fourth-order valence-electron chi connectivity index (χ4n) is 2.29. The number of aromatic nitrogens is 1. The molecule has 0 bridgehead atoms. The second-order valence-electron chi connectivity index (χ2n) is 5.25. The van der Waals surface area contributed by atoms with Crippen LogP contribution in [0, 0.1) is 6.92 Å². The maximum atomic E-state index is 11.1. The maximum Gasteiger partial charge on any atom is 0.337 e. The first kappa shape index (κ1) is 17.1. The lowest BCUT2D eigenvalue weighted by atomic mass is 9.99. The van der Waals surface area contributed by atoms with E-state index in [1.165, 1.54) is 17.4 Å². The average Bonchev–Trinajstić information content (AvgIpc) is 3.00. The summed E-state index contributed by atoms with van der Waals surface area (Å²) in [5.41, 5.74) is 6.53. The van der Waals surface area contributed by atoms with Crippen molar-refractivity contribution in [2.45, 2.75) is 6.92 Å². The van der Waals surface area contributed by atoms with Crippen LogP contribution in [0.2, 0.25) is 5.02 Å². The van der Waals surface area contributed by atoms with Crippen molar-refractivity contribution in [3.63, 3.8) is 0 Å². The fourth-order valence-corrected chi connectivity index (χ4v) is 3.19. The normalized spacial score (nSPS) is 11.0. The van der Waals surface area contributed by atoms with Crippen molar-refractivity contribution >= 4 is 40.3 Å². The molecule has 0 unspecified atom stereocenters. The number of carbonyl (C=O) groups is 1. The largest absolute Gasteiger partial charge is 0.478 e. The van der Waals surface area contributed by atoms with Crippen molar-refractivity contribution in [3.05, 3.63) is 69.7 Å². The molecule has 0 atom stereocenters. The van der Waals surface area contributed by atoms with Gasteiger partial charge < -0.3 is 5.11 Å². The maximum absolute atomic E-state index is 11.1. The molecule has 3 rings (SSSR count). The van der Waals surface area contributed by atoms with Gasteiger partial charge in [0, 0.05) is 10.9 Å². The summed E-state index contributed by atoms with van der Waals surface area (Å²) in [6.45, 7) is 1.92. The average molecular weight is 372 g/mol. The number of carboxylic acids is 1. The Morgan fingerprint density at radius 2 is 2.12 bits per heavy atom. The zero-order valence-corrected chi connectivity index (χ0v) is 14.8. The number of aryl methyl sites for hydroxylation is 1. The summed E-state index contributed by atoms with van der Waals surface area (Å²) in [5.74, 6) is -1.05. The zero-order chi connectivity index (χ0) is 17.8. The van der Waals surface area contributed by atoms with Crippen LogP contribution in [0.3, 0.4) is 0 Å². The lowest BCUT2D eigenvalue weighted by molar-refractivity contribution is 0.0697. The van der Waals surface area contributed by atoms with Crippen LogP contribution >= 0.6 is 22.9 Å². The molecule has 0 saturated heterocycles. The number of aromatic carboxylic acids is 1. The Morgan fingerprint density at radius 1 is 1.32 bits per heavy atom. The molecular formula is C18H14ClN3O2S. The molecule has 126 valence electrons. The Bertz CT molecular complexity index is 953. The number of hydrazone groups is 1. The predicted molar refractivity (Wildman–Crippen MR) is 102 cm³/mol. The van der Waals surface area contributed by atoms with Crippen LogP contribution in [0.15, 0.2) is 52.9 Å². The number of nitrogens with zero attached hydrogens (tertiary/aromatic N) is 2. The second-order valence-corrected chi connectivity index (χ2v) is 6.52. The van der Waals surface area contributed by atoms with E-state index in [0.717, 1.165) is 27.5 Å². The van der Waals surface area contributed by atoms with Gasteiger partial charge in [0.2, 0.25) is 5.13 Å². The van der Waals surface area contributed by atoms with Crippen molar-refractivity contribution in [3.8, 4) is 11.1 Å². The number of carboxylic acid groups (broad SMARTS) is 1. The number of hydrogen-bond acceptors (Lipinski definition) is 5. The quantitative estimate of drug-likeness (QED) is 0.493. The summed E-state index contributed by atoms with van der Waals surface area (Å²) in [4.78, 5) is 15.4. The first-order valence-corrected chi connectivity index (χ1v) is 8.64. The van der Waals surface area contributed by atoms with E-state index in [4.69, 9.17) is 16.7 Å². The van der Waals surface area contributed by atoms with Crippen LogP contribution in [-0.2, 0) is 0 Å². The van der Waals surface area contributed by atoms with Gasteiger partial charge in [-0.1, -0.05) is 41.9 Å². The highest BCUT2D eigenvalue weighted by Gasteiger charge is 2.11. The molecule has 5 nitrogen and oxygen atoms in total. The fraction of sp³-hybridized carbons (Fsp3) is 0.0556. The van der Waals surface area contributed by atoms with Crippen molar-refractivity contribution < 1.29 is 9.90 Å². The van der Waals surface area contributed by atoms with Gasteiger partial charge in [-0.3, -0.25) is 5.43 Å². The highest BCUT2D eigenvalue weighted by Crippen LogP contribution is 2.28. The minimum Gasteiger partial charge on any atom is -0.478 e. The van der Waals surface area contributed by atoms with E-state index in [2.05, 4.69) is 15.5 Å². The van der Waals surface area contributed by atoms with E-state index in [-0.39, 0.29) is 10.6 Å². The van der Waals surface area contributed by atoms with Crippen LogP contribution in [0.25, 0.3) is 11.1 Å². The SMILES string of the molecule is Cc1csc(NN=Cc2ccccc2-c2ccc(C(=O)O)c(Cl)c2)n1. The zero-order valence-electron chi connectivity index (χ0n) is 13.2. The van der Waals surface area contributed by atoms with Gasteiger partial charge in [-0.05, 0) is 30.2 Å². The number of benzene rings is 2. The number of anilines is 1. The third kappa shape index (κ3) is 4.04. The van der Waals surface area contributed by atoms with Gasteiger partial charge in [0.1, 0.15) is 0 Å². The van der Waals surface area contributed by atoms with Crippen LogP contribution in [0.4, 0.5) is 5.13 Å². The van der Waals surface area contributed by atoms with Crippen molar-refractivity contribution in [2.24, 2.45) is 5.10 Å². The number of rotatable bonds is 5. The van der Waals surface area contributed by atoms with Crippen molar-refractivity contribution in [2.75, 3.05) is 5.43 Å². The summed E-state index contributed by atoms with van der Waals surface area (Å²) in [5, 5.41) is 16.2. The molecule has 1 heterocycles. The Balaban J connectivity index is 1.88. The Morgan fingerprint density at radius 3 is 2.80 bits per heavy atom. The number of nitrogens with one attached hydrogen (secondary N) is 1. The number of hydrogen-bond donors (Lipinski definition) is 2. The molecule has 0 fully saturated rings. The number of thiazole rings is 1. The first-order chi connectivity index (χ1) is 12.0. The summed E-state index contributed by atoms with van der Waals surface area (Å²) in [7, 11) is 0. The second kappa shape index (κ2) is 7.46. The van der Waals surface area contributed by atoms with Gasteiger partial charge in [0.15, 0.2) is 0 Å². The predicted octanol–water partition coefficient (Wildman–Crippen LogP) is 4.92. The molecule has 3 aromatic rings. The first-order valence-electron chi connectivity index (χ1n) is 7.38. The van der Waals surface area contributed by atoms with Gasteiger partial charge in [-0.25, -0.2) is 9.78 Å². The van der Waals surface area contributed by atoms with Crippen molar-refractivity contribution in [1.82, 2.24) is 4.98 Å². The van der Waals surface area contributed by atoms with Gasteiger partial charge in [-0.15, -0.1) is 11.3 Å². The molecule has 2 N–H and O–H groups in total. The van der Waals surface area contributed by atoms with Gasteiger partial charge in [0.05, 0.1) is 22.5 Å². The van der Waals surface area contributed by atoms with Crippen LogP contribution in [-0.4, -0.2) is 22.3 Å². The van der Waals surface area contributed by atoms with E-state index < -0.39 is 5.97 Å². The smallest absolute Gasteiger partial charge is 0.337 e. The molecule has 0 amide bonds. The molecular weight excluding hydrogens is 358 g/mol. The van der Waals surface area contributed by atoms with E-state index in [1.807, 2.05) is 36.6 Å². The standard InChI is InChI=1S/C18H14ClN3O2S/c1-11-10-25-18(21-11)22-20-9-13-4-2-3-5-14(13)12-6-7-15(17(23)24)16(19)8-12/h2-10H,1H3,(H,21,22)(H,23,24). The minimum atomic E-state index is -1.05. The molecule has 0 aliphatic carbocycles. The molecule has 2 aromatic carbocycles. The number of halogens is 1. The topological polar surface area (TPSA) is 74.6 Å². The Hall–Kier alpha value is -2.70. The Kier molecular flexibility index (Phi) is 5.11. The molecule has 1 aromatic heterocycles. The van der Waals surface area contributed by atoms with Gasteiger partial charge in [0.25, 0.3) is 0 Å². The van der Waals surface area contributed by atoms with Gasteiger partial charge >= 0.3 is 5.97 Å². The summed E-state index contributed by atoms with van der Waals surface area (Å²) in [6, 6.07) is 12.6. The highest BCUT2D eigenvalue weighted by molar-refractivity contribution is 7.13. The van der Waals surface area contributed by atoms with E-state index >= 15 is 0 Å². The Labute approximate surface area is 153 Å². The lowest BCUT2D eigenvalue weighted by Gasteiger charge is -2.08. The lowest BCUT2D eigenvalue weighted by Crippen LogP contribution is -1.98. The monoisotopic (exact) mass is 371 g/mol. The molecule has 0 spiro atoms. The van der Waals surface area contributed by atoms with E-state index in [0.29, 0.717) is 0 Å². The molecule has 0 aliphatic heterocycles. The van der Waals surface area contributed by atoms with Crippen LogP contribution < -0.4 is 5.43 Å². The molecule has 0 radical (unpaired) electrons. The third-order valence-corrected chi connectivity index (χ3v) is 4.63. The summed E-state index contributed by atoms with van der Waals surface area (Å²) >= 11 is 7.56. The highest BCUT2D eigenvalue weighted by atomic mass is 35.5. The van der Waals surface area contributed by atoms with Gasteiger partial charge in [-0.2, -0.15) is 5.10 Å². The summed E-state index contributed by atoms with van der Waals surface area (Å²) < 4.78 is 0. The molecule has 7 heteroatoms. The molecule has 0 saturated carbocycles. The summed E-state index contributed by atoms with van der Waals surface area (Å²) in [6.07, 6.45) is 1.70. The van der Waals surface area contributed by atoms with Crippen LogP contribution in [0.1, 0.15) is 21.6 Å². The van der Waals surface area contributed by atoms with Crippen molar-refractivity contribution in [1.29, 1.82) is 0 Å². The van der Waals surface area contributed by atoms with E-state index in [1.54, 1.807) is 18.3 Å². The van der Waals surface area contributed by atoms with E-state index in [9.17, 15) is 4.79 Å².